The second-order valence-corrected chi connectivity index (χ2v) is 6.02. The first-order valence-corrected chi connectivity index (χ1v) is 6.99. The zero-order chi connectivity index (χ0) is 11.5. The highest BCUT2D eigenvalue weighted by Gasteiger charge is 2.20. The van der Waals surface area contributed by atoms with E-state index < -0.39 is 0 Å². The Kier molecular flexibility index (Phi) is 4.28. The van der Waals surface area contributed by atoms with Gasteiger partial charge in [-0.05, 0) is 42.9 Å². The lowest BCUT2D eigenvalue weighted by atomic mass is 10.1. The van der Waals surface area contributed by atoms with E-state index in [4.69, 9.17) is 11.6 Å². The maximum atomic E-state index is 5.91. The molecular formula is C13H17BrClN. The zero-order valence-electron chi connectivity index (χ0n) is 9.47. The molecule has 0 bridgehead atoms. The third-order valence-electron chi connectivity index (χ3n) is 3.29. The molecule has 88 valence electrons. The smallest absolute Gasteiger partial charge is 0.0417 e. The molecule has 1 aromatic rings. The summed E-state index contributed by atoms with van der Waals surface area (Å²) in [6.45, 7) is 3.26. The first kappa shape index (κ1) is 12.4. The SMILES string of the molecule is CC1CCC(NCc2ccc(Cl)cc2Br)C1. The van der Waals surface area contributed by atoms with Gasteiger partial charge in [-0.25, -0.2) is 0 Å². The van der Waals surface area contributed by atoms with Crippen LogP contribution in [0.3, 0.4) is 0 Å². The summed E-state index contributed by atoms with van der Waals surface area (Å²) in [6, 6.07) is 6.67. The van der Waals surface area contributed by atoms with Gasteiger partial charge < -0.3 is 5.32 Å². The van der Waals surface area contributed by atoms with Crippen molar-refractivity contribution < 1.29 is 0 Å². The van der Waals surface area contributed by atoms with Crippen LogP contribution in [0.2, 0.25) is 5.02 Å². The normalized spacial score (nSPS) is 24.9. The van der Waals surface area contributed by atoms with Crippen molar-refractivity contribution in [1.82, 2.24) is 5.32 Å². The van der Waals surface area contributed by atoms with Crippen molar-refractivity contribution in [3.05, 3.63) is 33.3 Å². The van der Waals surface area contributed by atoms with Crippen molar-refractivity contribution in [1.29, 1.82) is 0 Å². The van der Waals surface area contributed by atoms with E-state index in [9.17, 15) is 0 Å². The molecule has 1 N–H and O–H groups in total. The molecule has 2 rings (SSSR count). The third kappa shape index (κ3) is 3.22. The van der Waals surface area contributed by atoms with Crippen molar-refractivity contribution in [2.45, 2.75) is 38.8 Å². The molecule has 0 radical (unpaired) electrons. The molecule has 0 aromatic heterocycles. The van der Waals surface area contributed by atoms with Gasteiger partial charge in [0.2, 0.25) is 0 Å². The quantitative estimate of drug-likeness (QED) is 0.873. The fraction of sp³-hybridized carbons (Fsp3) is 0.538. The van der Waals surface area contributed by atoms with Gasteiger partial charge in [-0.3, -0.25) is 0 Å². The first-order valence-electron chi connectivity index (χ1n) is 5.82. The van der Waals surface area contributed by atoms with E-state index in [2.05, 4.69) is 34.2 Å². The highest BCUT2D eigenvalue weighted by Crippen LogP contribution is 2.26. The molecule has 0 heterocycles. The molecule has 0 saturated heterocycles. The number of rotatable bonds is 3. The van der Waals surface area contributed by atoms with E-state index >= 15 is 0 Å². The maximum Gasteiger partial charge on any atom is 0.0417 e. The average Bonchev–Trinajstić information content (AvgIpc) is 2.63. The molecular weight excluding hydrogens is 286 g/mol. The summed E-state index contributed by atoms with van der Waals surface area (Å²) in [5.41, 5.74) is 1.28. The van der Waals surface area contributed by atoms with Crippen molar-refractivity contribution in [3.8, 4) is 0 Å². The van der Waals surface area contributed by atoms with Crippen LogP contribution in [0.25, 0.3) is 0 Å². The van der Waals surface area contributed by atoms with Gasteiger partial charge in [-0.1, -0.05) is 40.5 Å². The number of benzene rings is 1. The lowest BCUT2D eigenvalue weighted by Crippen LogP contribution is -2.25. The molecule has 1 aliphatic carbocycles. The summed E-state index contributed by atoms with van der Waals surface area (Å²) < 4.78 is 1.10. The Morgan fingerprint density at radius 1 is 1.44 bits per heavy atom. The summed E-state index contributed by atoms with van der Waals surface area (Å²) in [5.74, 6) is 0.881. The Morgan fingerprint density at radius 2 is 2.25 bits per heavy atom. The van der Waals surface area contributed by atoms with E-state index in [1.165, 1.54) is 24.8 Å². The topological polar surface area (TPSA) is 12.0 Å². The van der Waals surface area contributed by atoms with E-state index in [0.717, 1.165) is 22.0 Å². The fourth-order valence-electron chi connectivity index (χ4n) is 2.31. The summed E-state index contributed by atoms with van der Waals surface area (Å²) in [4.78, 5) is 0. The second kappa shape index (κ2) is 5.52. The lowest BCUT2D eigenvalue weighted by Gasteiger charge is -2.13. The van der Waals surface area contributed by atoms with Crippen molar-refractivity contribution >= 4 is 27.5 Å². The first-order chi connectivity index (χ1) is 7.65. The summed E-state index contributed by atoms with van der Waals surface area (Å²) in [6.07, 6.45) is 3.98. The Bertz CT molecular complexity index is 367. The Morgan fingerprint density at radius 3 is 2.88 bits per heavy atom. The molecule has 3 heteroatoms. The standard InChI is InChI=1S/C13H17BrClN/c1-9-2-5-12(6-9)16-8-10-3-4-11(15)7-13(10)14/h3-4,7,9,12,16H,2,5-6,8H2,1H3. The number of hydrogen-bond donors (Lipinski definition) is 1. The van der Waals surface area contributed by atoms with Gasteiger partial charge in [0.05, 0.1) is 0 Å². The average molecular weight is 303 g/mol. The summed E-state index contributed by atoms with van der Waals surface area (Å²) in [5, 5.41) is 4.40. The van der Waals surface area contributed by atoms with Crippen LogP contribution in [0.5, 0.6) is 0 Å². The molecule has 0 amide bonds. The summed E-state index contributed by atoms with van der Waals surface area (Å²) >= 11 is 9.46. The van der Waals surface area contributed by atoms with Crippen LogP contribution < -0.4 is 5.32 Å². The van der Waals surface area contributed by atoms with Crippen LogP contribution in [0.15, 0.2) is 22.7 Å². The minimum Gasteiger partial charge on any atom is -0.310 e. The van der Waals surface area contributed by atoms with Crippen molar-refractivity contribution in [3.63, 3.8) is 0 Å². The number of hydrogen-bond acceptors (Lipinski definition) is 1. The van der Waals surface area contributed by atoms with E-state index in [-0.39, 0.29) is 0 Å². The van der Waals surface area contributed by atoms with Gasteiger partial charge in [-0.2, -0.15) is 0 Å². The Balaban J connectivity index is 1.89. The largest absolute Gasteiger partial charge is 0.310 e. The van der Waals surface area contributed by atoms with Crippen LogP contribution in [0, 0.1) is 5.92 Å². The number of halogens is 2. The summed E-state index contributed by atoms with van der Waals surface area (Å²) in [7, 11) is 0. The van der Waals surface area contributed by atoms with Gasteiger partial charge in [-0.15, -0.1) is 0 Å². The van der Waals surface area contributed by atoms with Gasteiger partial charge in [0.1, 0.15) is 0 Å². The van der Waals surface area contributed by atoms with Crippen molar-refractivity contribution in [2.75, 3.05) is 0 Å². The van der Waals surface area contributed by atoms with Gasteiger partial charge in [0.15, 0.2) is 0 Å². The van der Waals surface area contributed by atoms with E-state index in [1.54, 1.807) is 0 Å². The molecule has 0 spiro atoms. The van der Waals surface area contributed by atoms with Crippen LogP contribution in [-0.2, 0) is 6.54 Å². The highest BCUT2D eigenvalue weighted by molar-refractivity contribution is 9.10. The van der Waals surface area contributed by atoms with Crippen LogP contribution in [-0.4, -0.2) is 6.04 Å². The molecule has 16 heavy (non-hydrogen) atoms. The van der Waals surface area contributed by atoms with Gasteiger partial charge in [0, 0.05) is 22.1 Å². The van der Waals surface area contributed by atoms with Gasteiger partial charge in [0.25, 0.3) is 0 Å². The lowest BCUT2D eigenvalue weighted by molar-refractivity contribution is 0.502. The monoisotopic (exact) mass is 301 g/mol. The fourth-order valence-corrected chi connectivity index (χ4v) is 3.13. The molecule has 1 aromatic carbocycles. The zero-order valence-corrected chi connectivity index (χ0v) is 11.8. The third-order valence-corrected chi connectivity index (χ3v) is 4.26. The molecule has 1 aliphatic rings. The van der Waals surface area contributed by atoms with Crippen LogP contribution in [0.1, 0.15) is 31.7 Å². The second-order valence-electron chi connectivity index (χ2n) is 4.73. The van der Waals surface area contributed by atoms with Gasteiger partial charge >= 0.3 is 0 Å². The minimum atomic E-state index is 0.692. The minimum absolute atomic E-state index is 0.692. The van der Waals surface area contributed by atoms with E-state index in [0.29, 0.717) is 6.04 Å². The van der Waals surface area contributed by atoms with Crippen molar-refractivity contribution in [2.24, 2.45) is 5.92 Å². The Labute approximate surface area is 111 Å². The molecule has 1 saturated carbocycles. The molecule has 1 fully saturated rings. The predicted octanol–water partition coefficient (Wildman–Crippen LogP) is 4.38. The molecule has 1 nitrogen and oxygen atoms in total. The predicted molar refractivity (Wildman–Crippen MR) is 72.8 cm³/mol. The molecule has 2 unspecified atom stereocenters. The van der Waals surface area contributed by atoms with E-state index in [1.807, 2.05) is 12.1 Å². The molecule has 2 atom stereocenters. The molecule has 0 aliphatic heterocycles. The van der Waals surface area contributed by atoms with Crippen LogP contribution in [0.4, 0.5) is 0 Å². The number of nitrogens with one attached hydrogen (secondary N) is 1. The van der Waals surface area contributed by atoms with Crippen LogP contribution >= 0.6 is 27.5 Å². The highest BCUT2D eigenvalue weighted by atomic mass is 79.9. The maximum absolute atomic E-state index is 5.91. The Hall–Kier alpha value is -0.0500.